The molecule has 0 saturated carbocycles. The number of rotatable bonds is 4. The summed E-state index contributed by atoms with van der Waals surface area (Å²) >= 11 is 0. The highest BCUT2D eigenvalue weighted by Gasteiger charge is 2.13. The fraction of sp³-hybridized carbons (Fsp3) is 1.00. The Labute approximate surface area is 61.4 Å². The van der Waals surface area contributed by atoms with Crippen LogP contribution in [0.25, 0.3) is 0 Å². The van der Waals surface area contributed by atoms with Crippen LogP contribution < -0.4 is 5.32 Å². The highest BCUT2D eigenvalue weighted by molar-refractivity contribution is 4.70. The average molecular weight is 145 g/mol. The van der Waals surface area contributed by atoms with Crippen molar-refractivity contribution in [2.75, 3.05) is 26.3 Å². The maximum absolute atomic E-state index is 8.44. The van der Waals surface area contributed by atoms with Crippen LogP contribution in [0.3, 0.4) is 0 Å². The minimum absolute atomic E-state index is 0.236. The maximum atomic E-state index is 8.44. The lowest BCUT2D eigenvalue weighted by Gasteiger charge is -2.08. The normalized spacial score (nSPS) is 25.5. The molecule has 0 aromatic rings. The van der Waals surface area contributed by atoms with Gasteiger partial charge in [0.25, 0.3) is 0 Å². The van der Waals surface area contributed by atoms with Crippen LogP contribution in [0.5, 0.6) is 0 Å². The summed E-state index contributed by atoms with van der Waals surface area (Å²) in [5.41, 5.74) is 0. The molecule has 1 heterocycles. The minimum atomic E-state index is 0.236. The van der Waals surface area contributed by atoms with Crippen LogP contribution in [0.15, 0.2) is 0 Å². The third kappa shape index (κ3) is 2.64. The van der Waals surface area contributed by atoms with E-state index in [9.17, 15) is 0 Å². The summed E-state index contributed by atoms with van der Waals surface area (Å²) in [7, 11) is 0. The number of aliphatic hydroxyl groups excluding tert-OH is 1. The van der Waals surface area contributed by atoms with E-state index in [-0.39, 0.29) is 6.61 Å². The van der Waals surface area contributed by atoms with E-state index < -0.39 is 0 Å². The molecule has 1 saturated heterocycles. The van der Waals surface area contributed by atoms with Gasteiger partial charge in [0.15, 0.2) is 0 Å². The molecule has 2 N–H and O–H groups in total. The molecule has 1 rings (SSSR count). The van der Waals surface area contributed by atoms with Gasteiger partial charge in [-0.25, -0.2) is 0 Å². The van der Waals surface area contributed by atoms with Crippen molar-refractivity contribution in [2.45, 2.75) is 18.9 Å². The fourth-order valence-corrected chi connectivity index (χ4v) is 1.08. The van der Waals surface area contributed by atoms with E-state index in [1.54, 1.807) is 0 Å². The Kier molecular flexibility index (Phi) is 3.72. The van der Waals surface area contributed by atoms with E-state index in [1.807, 2.05) is 0 Å². The van der Waals surface area contributed by atoms with Crippen molar-refractivity contribution in [2.24, 2.45) is 0 Å². The number of ether oxygens (including phenoxy) is 1. The molecule has 0 aliphatic carbocycles. The summed E-state index contributed by atoms with van der Waals surface area (Å²) in [6.07, 6.45) is 2.27. The molecule has 3 heteroatoms. The van der Waals surface area contributed by atoms with Crippen LogP contribution in [0.2, 0.25) is 0 Å². The van der Waals surface area contributed by atoms with Crippen molar-refractivity contribution in [3.8, 4) is 0 Å². The summed E-state index contributed by atoms with van der Waals surface area (Å²) in [5, 5.41) is 11.7. The molecule has 0 unspecified atom stereocenters. The highest BCUT2D eigenvalue weighted by Crippen LogP contribution is 2.02. The molecular weight excluding hydrogens is 130 g/mol. The smallest absolute Gasteiger partial charge is 0.0711 e. The van der Waals surface area contributed by atoms with Gasteiger partial charge in [0.05, 0.1) is 6.10 Å². The van der Waals surface area contributed by atoms with Crippen molar-refractivity contribution < 1.29 is 9.84 Å². The molecule has 1 fully saturated rings. The number of hydrogen-bond donors (Lipinski definition) is 2. The molecule has 0 bridgehead atoms. The number of nitrogens with one attached hydrogen (secondary N) is 1. The number of hydrogen-bond acceptors (Lipinski definition) is 3. The van der Waals surface area contributed by atoms with Crippen LogP contribution in [0, 0.1) is 0 Å². The molecule has 0 aromatic heterocycles. The first-order valence-corrected chi connectivity index (χ1v) is 3.86. The third-order valence-corrected chi connectivity index (χ3v) is 1.67. The molecule has 0 spiro atoms. The Balaban J connectivity index is 1.91. The van der Waals surface area contributed by atoms with Crippen molar-refractivity contribution in [1.82, 2.24) is 5.32 Å². The van der Waals surface area contributed by atoms with Gasteiger partial charge in [0.2, 0.25) is 0 Å². The molecule has 0 amide bonds. The predicted molar refractivity (Wildman–Crippen MR) is 38.9 cm³/mol. The highest BCUT2D eigenvalue weighted by atomic mass is 16.5. The fourth-order valence-electron chi connectivity index (χ4n) is 1.08. The quantitative estimate of drug-likeness (QED) is 0.536. The van der Waals surface area contributed by atoms with E-state index >= 15 is 0 Å². The van der Waals surface area contributed by atoms with Gasteiger partial charge in [0.1, 0.15) is 0 Å². The first kappa shape index (κ1) is 7.98. The maximum Gasteiger partial charge on any atom is 0.0711 e. The van der Waals surface area contributed by atoms with E-state index in [1.165, 1.54) is 0 Å². The van der Waals surface area contributed by atoms with Gasteiger partial charge in [0, 0.05) is 19.8 Å². The van der Waals surface area contributed by atoms with Gasteiger partial charge in [-0.1, -0.05) is 0 Å². The lowest BCUT2D eigenvalue weighted by molar-refractivity contribution is 0.0568. The summed E-state index contributed by atoms with van der Waals surface area (Å²) in [6, 6.07) is 0. The summed E-state index contributed by atoms with van der Waals surface area (Å²) in [4.78, 5) is 0. The largest absolute Gasteiger partial charge is 0.396 e. The van der Waals surface area contributed by atoms with Gasteiger partial charge < -0.3 is 15.2 Å². The summed E-state index contributed by atoms with van der Waals surface area (Å²) in [5.74, 6) is 0. The second-order valence-electron chi connectivity index (χ2n) is 2.56. The first-order valence-electron chi connectivity index (χ1n) is 3.86. The lowest BCUT2D eigenvalue weighted by Crippen LogP contribution is -2.17. The minimum Gasteiger partial charge on any atom is -0.396 e. The molecule has 0 aromatic carbocycles. The molecule has 60 valence electrons. The van der Waals surface area contributed by atoms with Crippen LogP contribution in [-0.2, 0) is 4.74 Å². The molecule has 0 radical (unpaired) electrons. The molecule has 1 atom stereocenters. The van der Waals surface area contributed by atoms with Crippen LogP contribution in [0.4, 0.5) is 0 Å². The zero-order chi connectivity index (χ0) is 7.23. The van der Waals surface area contributed by atoms with Crippen LogP contribution >= 0.6 is 0 Å². The van der Waals surface area contributed by atoms with Gasteiger partial charge in [-0.15, -0.1) is 0 Å². The number of aliphatic hydroxyl groups is 1. The third-order valence-electron chi connectivity index (χ3n) is 1.67. The monoisotopic (exact) mass is 145 g/mol. The summed E-state index contributed by atoms with van der Waals surface area (Å²) < 4.78 is 5.42. The Bertz CT molecular complexity index is 81.7. The SMILES string of the molecule is OCCCO[C@H]1CCNC1. The summed E-state index contributed by atoms with van der Waals surface area (Å²) in [6.45, 7) is 2.98. The van der Waals surface area contributed by atoms with Gasteiger partial charge >= 0.3 is 0 Å². The second-order valence-corrected chi connectivity index (χ2v) is 2.56. The Morgan fingerprint density at radius 1 is 1.60 bits per heavy atom. The molecule has 3 nitrogen and oxygen atoms in total. The van der Waals surface area contributed by atoms with Crippen LogP contribution in [-0.4, -0.2) is 37.5 Å². The van der Waals surface area contributed by atoms with E-state index in [0.29, 0.717) is 12.7 Å². The first-order chi connectivity index (χ1) is 4.93. The standard InChI is InChI=1S/C7H15NO2/c9-4-1-5-10-7-2-3-8-6-7/h7-9H,1-6H2/t7-/m0/s1. The lowest BCUT2D eigenvalue weighted by atomic mass is 10.3. The molecule has 1 aliphatic rings. The Morgan fingerprint density at radius 2 is 2.50 bits per heavy atom. The van der Waals surface area contributed by atoms with E-state index in [0.717, 1.165) is 25.9 Å². The van der Waals surface area contributed by atoms with Crippen molar-refractivity contribution >= 4 is 0 Å². The molecular formula is C7H15NO2. The van der Waals surface area contributed by atoms with E-state index in [2.05, 4.69) is 5.32 Å². The van der Waals surface area contributed by atoms with Gasteiger partial charge in [-0.05, 0) is 19.4 Å². The van der Waals surface area contributed by atoms with Gasteiger partial charge in [-0.2, -0.15) is 0 Å². The second kappa shape index (κ2) is 4.66. The van der Waals surface area contributed by atoms with Crippen molar-refractivity contribution in [3.05, 3.63) is 0 Å². The zero-order valence-electron chi connectivity index (χ0n) is 6.18. The Hall–Kier alpha value is -0.120. The molecule has 10 heavy (non-hydrogen) atoms. The van der Waals surface area contributed by atoms with Crippen molar-refractivity contribution in [1.29, 1.82) is 0 Å². The predicted octanol–water partition coefficient (Wildman–Crippen LogP) is -0.253. The van der Waals surface area contributed by atoms with Crippen molar-refractivity contribution in [3.63, 3.8) is 0 Å². The molecule has 1 aliphatic heterocycles. The average Bonchev–Trinajstić information content (AvgIpc) is 2.41. The zero-order valence-corrected chi connectivity index (χ0v) is 6.18. The topological polar surface area (TPSA) is 41.5 Å². The van der Waals surface area contributed by atoms with Gasteiger partial charge in [-0.3, -0.25) is 0 Å². The van der Waals surface area contributed by atoms with Crippen LogP contribution in [0.1, 0.15) is 12.8 Å². The Morgan fingerprint density at radius 3 is 3.10 bits per heavy atom. The van der Waals surface area contributed by atoms with E-state index in [4.69, 9.17) is 9.84 Å².